The molecule has 1 aliphatic rings. The van der Waals surface area contributed by atoms with Crippen LogP contribution in [0, 0.1) is 5.92 Å². The van der Waals surface area contributed by atoms with Crippen molar-refractivity contribution in [3.8, 4) is 0 Å². The van der Waals surface area contributed by atoms with Crippen LogP contribution in [0.4, 0.5) is 0 Å². The Hall–Kier alpha value is -1.24. The van der Waals surface area contributed by atoms with Gasteiger partial charge in [-0.15, -0.1) is 0 Å². The van der Waals surface area contributed by atoms with Gasteiger partial charge in [0.05, 0.1) is 34.5 Å². The van der Waals surface area contributed by atoms with Gasteiger partial charge in [0.25, 0.3) is 5.91 Å². The van der Waals surface area contributed by atoms with Crippen LogP contribution in [-0.2, 0) is 15.5 Å². The molecule has 0 bridgehead atoms. The van der Waals surface area contributed by atoms with Gasteiger partial charge in [-0.3, -0.25) is 13.9 Å². The van der Waals surface area contributed by atoms with Gasteiger partial charge < -0.3 is 10.1 Å². The number of carbonyl (C=O) groups is 1. The molecule has 1 saturated heterocycles. The maximum absolute atomic E-state index is 12.7. The first-order chi connectivity index (χ1) is 12.0. The zero-order chi connectivity index (χ0) is 18.2. The van der Waals surface area contributed by atoms with E-state index in [1.807, 2.05) is 19.1 Å². The molecule has 0 aromatic heterocycles. The lowest BCUT2D eigenvalue weighted by atomic mass is 10.0. The Bertz CT molecular complexity index is 586. The third-order valence-electron chi connectivity index (χ3n) is 4.44. The van der Waals surface area contributed by atoms with E-state index < -0.39 is 10.8 Å². The van der Waals surface area contributed by atoms with Crippen LogP contribution < -0.4 is 5.32 Å². The van der Waals surface area contributed by atoms with Gasteiger partial charge in [0.1, 0.15) is 0 Å². The molecule has 1 fully saturated rings. The van der Waals surface area contributed by atoms with Gasteiger partial charge in [0.15, 0.2) is 0 Å². The van der Waals surface area contributed by atoms with E-state index in [9.17, 15) is 9.00 Å². The maximum atomic E-state index is 12.7. The Balaban J connectivity index is 2.04. The molecule has 1 heterocycles. The number of benzene rings is 1. The molecule has 1 aromatic carbocycles. The SMILES string of the molecule is CC[S@@](=O)c1ccccc1C(=O)NC[C@@H](CC(C)C)N1CCOCC1. The second kappa shape index (κ2) is 10.0. The molecule has 1 N–H and O–H groups in total. The van der Waals surface area contributed by atoms with Crippen LogP contribution >= 0.6 is 0 Å². The van der Waals surface area contributed by atoms with Crippen molar-refractivity contribution in [2.75, 3.05) is 38.6 Å². The molecular weight excluding hydrogens is 336 g/mol. The molecule has 0 aliphatic carbocycles. The summed E-state index contributed by atoms with van der Waals surface area (Å²) in [5.74, 6) is 0.928. The van der Waals surface area contributed by atoms with Gasteiger partial charge in [-0.25, -0.2) is 0 Å². The molecule has 0 radical (unpaired) electrons. The van der Waals surface area contributed by atoms with E-state index in [1.165, 1.54) is 0 Å². The lowest BCUT2D eigenvalue weighted by Crippen LogP contribution is -2.49. The lowest BCUT2D eigenvalue weighted by Gasteiger charge is -2.35. The molecule has 1 aliphatic heterocycles. The summed E-state index contributed by atoms with van der Waals surface area (Å²) in [4.78, 5) is 15.7. The van der Waals surface area contributed by atoms with Crippen LogP contribution in [0.1, 0.15) is 37.6 Å². The van der Waals surface area contributed by atoms with Crippen molar-refractivity contribution in [3.05, 3.63) is 29.8 Å². The first kappa shape index (κ1) is 20.1. The van der Waals surface area contributed by atoms with Gasteiger partial charge >= 0.3 is 0 Å². The van der Waals surface area contributed by atoms with Gasteiger partial charge in [0.2, 0.25) is 0 Å². The summed E-state index contributed by atoms with van der Waals surface area (Å²) in [7, 11) is -1.14. The van der Waals surface area contributed by atoms with Crippen molar-refractivity contribution < 1.29 is 13.7 Å². The van der Waals surface area contributed by atoms with Crippen molar-refractivity contribution in [2.24, 2.45) is 5.92 Å². The third kappa shape index (κ3) is 5.90. The van der Waals surface area contributed by atoms with E-state index in [2.05, 4.69) is 24.1 Å². The first-order valence-electron chi connectivity index (χ1n) is 9.10. The van der Waals surface area contributed by atoms with Gasteiger partial charge in [-0.1, -0.05) is 32.9 Å². The number of nitrogens with one attached hydrogen (secondary N) is 1. The number of morpholine rings is 1. The summed E-state index contributed by atoms with van der Waals surface area (Å²) < 4.78 is 17.6. The van der Waals surface area contributed by atoms with Crippen molar-refractivity contribution in [1.82, 2.24) is 10.2 Å². The summed E-state index contributed by atoms with van der Waals surface area (Å²) in [6.07, 6.45) is 1.03. The molecule has 0 saturated carbocycles. The number of carbonyl (C=O) groups excluding carboxylic acids is 1. The summed E-state index contributed by atoms with van der Waals surface area (Å²) >= 11 is 0. The van der Waals surface area contributed by atoms with Crippen molar-refractivity contribution in [2.45, 2.75) is 38.1 Å². The number of rotatable bonds is 8. The van der Waals surface area contributed by atoms with E-state index in [0.717, 1.165) is 32.7 Å². The first-order valence-corrected chi connectivity index (χ1v) is 10.4. The molecule has 0 unspecified atom stereocenters. The minimum atomic E-state index is -1.14. The Morgan fingerprint density at radius 2 is 1.96 bits per heavy atom. The van der Waals surface area contributed by atoms with Crippen LogP contribution in [0.15, 0.2) is 29.2 Å². The van der Waals surface area contributed by atoms with Crippen molar-refractivity contribution in [1.29, 1.82) is 0 Å². The van der Waals surface area contributed by atoms with Crippen LogP contribution in [-0.4, -0.2) is 59.7 Å². The summed E-state index contributed by atoms with van der Waals surface area (Å²) in [5.41, 5.74) is 0.521. The minimum Gasteiger partial charge on any atom is -0.379 e. The summed E-state index contributed by atoms with van der Waals surface area (Å²) in [6, 6.07) is 7.48. The average Bonchev–Trinajstić information content (AvgIpc) is 2.64. The van der Waals surface area contributed by atoms with Crippen LogP contribution in [0.3, 0.4) is 0 Å². The molecule has 5 nitrogen and oxygen atoms in total. The molecule has 1 aromatic rings. The number of hydrogen-bond donors (Lipinski definition) is 1. The predicted molar refractivity (Wildman–Crippen MR) is 101 cm³/mol. The number of amides is 1. The lowest BCUT2D eigenvalue weighted by molar-refractivity contribution is 0.0124. The molecule has 1 amide bonds. The topological polar surface area (TPSA) is 58.6 Å². The predicted octanol–water partition coefficient (Wildman–Crippen LogP) is 2.29. The fourth-order valence-corrected chi connectivity index (χ4v) is 4.11. The Morgan fingerprint density at radius 3 is 2.60 bits per heavy atom. The molecule has 140 valence electrons. The highest BCUT2D eigenvalue weighted by Crippen LogP contribution is 2.16. The Labute approximate surface area is 153 Å². The molecule has 25 heavy (non-hydrogen) atoms. The molecule has 2 rings (SSSR count). The fraction of sp³-hybridized carbons (Fsp3) is 0.632. The second-order valence-corrected chi connectivity index (χ2v) is 8.48. The quantitative estimate of drug-likeness (QED) is 0.767. The highest BCUT2D eigenvalue weighted by atomic mass is 32.2. The largest absolute Gasteiger partial charge is 0.379 e. The number of hydrogen-bond acceptors (Lipinski definition) is 4. The minimum absolute atomic E-state index is 0.139. The number of ether oxygens (including phenoxy) is 1. The Morgan fingerprint density at radius 1 is 1.28 bits per heavy atom. The Kier molecular flexibility index (Phi) is 8.06. The van der Waals surface area contributed by atoms with E-state index in [1.54, 1.807) is 12.1 Å². The van der Waals surface area contributed by atoms with E-state index in [0.29, 0.717) is 34.7 Å². The average molecular weight is 367 g/mol. The second-order valence-electron chi connectivity index (χ2n) is 6.77. The fourth-order valence-electron chi connectivity index (χ4n) is 3.16. The summed E-state index contributed by atoms with van der Waals surface area (Å²) in [6.45, 7) is 10.2. The van der Waals surface area contributed by atoms with E-state index in [-0.39, 0.29) is 5.91 Å². The molecule has 6 heteroatoms. The van der Waals surface area contributed by atoms with Gasteiger partial charge in [-0.05, 0) is 24.5 Å². The zero-order valence-electron chi connectivity index (χ0n) is 15.5. The molecule has 2 atom stereocenters. The monoisotopic (exact) mass is 366 g/mol. The number of nitrogens with zero attached hydrogens (tertiary/aromatic N) is 1. The normalized spacial score (nSPS) is 18.1. The highest BCUT2D eigenvalue weighted by Gasteiger charge is 2.23. The van der Waals surface area contributed by atoms with Crippen molar-refractivity contribution >= 4 is 16.7 Å². The summed E-state index contributed by atoms with van der Waals surface area (Å²) in [5, 5.41) is 3.07. The standard InChI is InChI=1S/C19H30N2O3S/c1-4-25(23)18-8-6-5-7-17(18)19(22)20-14-16(13-15(2)3)21-9-11-24-12-10-21/h5-8,15-16H,4,9-14H2,1-3H3,(H,20,22)/t16-,25-/m1/s1. The molecular formula is C19H30N2O3S. The van der Waals surface area contributed by atoms with E-state index in [4.69, 9.17) is 4.74 Å². The third-order valence-corrected chi connectivity index (χ3v) is 5.81. The van der Waals surface area contributed by atoms with Crippen LogP contribution in [0.2, 0.25) is 0 Å². The molecule has 0 spiro atoms. The van der Waals surface area contributed by atoms with Crippen LogP contribution in [0.5, 0.6) is 0 Å². The van der Waals surface area contributed by atoms with Gasteiger partial charge in [0, 0.05) is 31.4 Å². The smallest absolute Gasteiger partial charge is 0.252 e. The maximum Gasteiger partial charge on any atom is 0.252 e. The van der Waals surface area contributed by atoms with Crippen LogP contribution in [0.25, 0.3) is 0 Å². The highest BCUT2D eigenvalue weighted by molar-refractivity contribution is 7.85. The van der Waals surface area contributed by atoms with E-state index >= 15 is 0 Å². The zero-order valence-corrected chi connectivity index (χ0v) is 16.3. The van der Waals surface area contributed by atoms with Crippen molar-refractivity contribution in [3.63, 3.8) is 0 Å². The van der Waals surface area contributed by atoms with Gasteiger partial charge in [-0.2, -0.15) is 0 Å².